The molecule has 0 bridgehead atoms. The van der Waals surface area contributed by atoms with Crippen LogP contribution in [0.2, 0.25) is 0 Å². The maximum Gasteiger partial charge on any atom is 0.416 e. The summed E-state index contributed by atoms with van der Waals surface area (Å²) in [5.41, 5.74) is 2.47. The number of hydrogen-bond donors (Lipinski definition) is 1. The lowest BCUT2D eigenvalue weighted by molar-refractivity contribution is -0.137. The average Bonchev–Trinajstić information content (AvgIpc) is 2.81. The number of rotatable bonds is 4. The molecule has 0 unspecified atom stereocenters. The number of carbonyl (C=O) groups is 1. The topological polar surface area (TPSA) is 61.4 Å². The molecule has 178 valence electrons. The van der Waals surface area contributed by atoms with Crippen molar-refractivity contribution in [3.63, 3.8) is 0 Å². The average molecular weight is 470 g/mol. The summed E-state index contributed by atoms with van der Waals surface area (Å²) >= 11 is 0. The Balaban J connectivity index is 1.44. The van der Waals surface area contributed by atoms with E-state index in [0.29, 0.717) is 38.4 Å². The third-order valence-electron chi connectivity index (χ3n) is 5.84. The summed E-state index contributed by atoms with van der Waals surface area (Å²) in [5.74, 6) is 1.56. The molecule has 0 atom stereocenters. The highest BCUT2D eigenvalue weighted by Gasteiger charge is 2.31. The van der Waals surface area contributed by atoms with Crippen molar-refractivity contribution in [3.8, 4) is 0 Å². The van der Waals surface area contributed by atoms with Gasteiger partial charge in [-0.2, -0.15) is 13.2 Å². The molecule has 0 aliphatic carbocycles. The zero-order valence-corrected chi connectivity index (χ0v) is 19.1. The smallest absolute Gasteiger partial charge is 0.353 e. The summed E-state index contributed by atoms with van der Waals surface area (Å²) in [6, 6.07) is 14.4. The molecule has 2 aromatic carbocycles. The monoisotopic (exact) mass is 469 g/mol. The first-order valence-electron chi connectivity index (χ1n) is 11.1. The number of carbonyl (C=O) groups excluding carboxylic acids is 1. The van der Waals surface area contributed by atoms with Gasteiger partial charge in [-0.05, 0) is 37.6 Å². The molecule has 1 aliphatic heterocycles. The lowest BCUT2D eigenvalue weighted by atomic mass is 10.0. The minimum Gasteiger partial charge on any atom is -0.353 e. The number of alkyl halides is 3. The van der Waals surface area contributed by atoms with Gasteiger partial charge in [0.25, 0.3) is 0 Å². The minimum absolute atomic E-state index is 0.120. The summed E-state index contributed by atoms with van der Waals surface area (Å²) in [4.78, 5) is 25.7. The molecular formula is C25H26F3N5O. The number of nitrogens with zero attached hydrogens (tertiary/aromatic N) is 4. The Labute approximate surface area is 196 Å². The first kappa shape index (κ1) is 23.5. The fourth-order valence-electron chi connectivity index (χ4n) is 4.08. The van der Waals surface area contributed by atoms with Gasteiger partial charge < -0.3 is 15.1 Å². The van der Waals surface area contributed by atoms with Gasteiger partial charge in [0, 0.05) is 49.5 Å². The van der Waals surface area contributed by atoms with E-state index in [1.807, 2.05) is 32.0 Å². The maximum atomic E-state index is 13.0. The Morgan fingerprint density at radius 3 is 2.35 bits per heavy atom. The minimum atomic E-state index is -4.46. The molecular weight excluding hydrogens is 443 g/mol. The van der Waals surface area contributed by atoms with Crippen molar-refractivity contribution in [2.45, 2.75) is 26.4 Å². The van der Waals surface area contributed by atoms with Crippen LogP contribution in [0.25, 0.3) is 0 Å². The van der Waals surface area contributed by atoms with Crippen molar-refractivity contribution in [1.29, 1.82) is 0 Å². The Bertz CT molecular complexity index is 1160. The van der Waals surface area contributed by atoms with E-state index in [1.54, 1.807) is 4.90 Å². The molecule has 3 aromatic rings. The number of aryl methyl sites for hydroxylation is 2. The van der Waals surface area contributed by atoms with E-state index in [2.05, 4.69) is 27.3 Å². The van der Waals surface area contributed by atoms with Crippen LogP contribution in [-0.2, 0) is 12.6 Å². The van der Waals surface area contributed by atoms with E-state index in [1.165, 1.54) is 17.7 Å². The molecule has 1 fully saturated rings. The van der Waals surface area contributed by atoms with Gasteiger partial charge in [0.15, 0.2) is 0 Å². The SMILES string of the molecule is Cc1nc(C)c(Cc2ccccc2)c(N2CCN(C(=O)Nc3cccc(C(F)(F)F)c3)CC2)n1. The summed E-state index contributed by atoms with van der Waals surface area (Å²) in [5, 5.41) is 2.58. The van der Waals surface area contributed by atoms with Crippen LogP contribution in [0.15, 0.2) is 54.6 Å². The molecule has 0 spiro atoms. The second kappa shape index (κ2) is 9.70. The molecule has 34 heavy (non-hydrogen) atoms. The van der Waals surface area contributed by atoms with Crippen LogP contribution in [0.1, 0.15) is 28.2 Å². The highest BCUT2D eigenvalue weighted by Crippen LogP contribution is 2.31. The van der Waals surface area contributed by atoms with E-state index >= 15 is 0 Å². The summed E-state index contributed by atoms with van der Waals surface area (Å²) < 4.78 is 38.9. The van der Waals surface area contributed by atoms with Gasteiger partial charge in [0.2, 0.25) is 0 Å². The van der Waals surface area contributed by atoms with Crippen LogP contribution >= 0.6 is 0 Å². The number of aromatic nitrogens is 2. The third-order valence-corrected chi connectivity index (χ3v) is 5.84. The molecule has 0 saturated carbocycles. The van der Waals surface area contributed by atoms with E-state index < -0.39 is 17.8 Å². The number of urea groups is 1. The lowest BCUT2D eigenvalue weighted by Crippen LogP contribution is -2.50. The number of benzene rings is 2. The number of anilines is 2. The molecule has 1 aliphatic rings. The normalized spacial score (nSPS) is 14.3. The Morgan fingerprint density at radius 2 is 1.68 bits per heavy atom. The Kier molecular flexibility index (Phi) is 6.72. The van der Waals surface area contributed by atoms with Gasteiger partial charge in [-0.3, -0.25) is 0 Å². The van der Waals surface area contributed by atoms with Crippen molar-refractivity contribution in [3.05, 3.63) is 82.8 Å². The van der Waals surface area contributed by atoms with Crippen molar-refractivity contribution in [2.24, 2.45) is 0 Å². The zero-order chi connectivity index (χ0) is 24.3. The Morgan fingerprint density at radius 1 is 0.971 bits per heavy atom. The second-order valence-electron chi connectivity index (χ2n) is 8.30. The van der Waals surface area contributed by atoms with Gasteiger partial charge in [0.1, 0.15) is 11.6 Å². The van der Waals surface area contributed by atoms with E-state index in [9.17, 15) is 18.0 Å². The fraction of sp³-hybridized carbons (Fsp3) is 0.320. The predicted octanol–water partition coefficient (Wildman–Crippen LogP) is 5.06. The maximum absolute atomic E-state index is 13.0. The highest BCUT2D eigenvalue weighted by atomic mass is 19.4. The second-order valence-corrected chi connectivity index (χ2v) is 8.30. The van der Waals surface area contributed by atoms with Crippen LogP contribution < -0.4 is 10.2 Å². The first-order chi connectivity index (χ1) is 16.2. The van der Waals surface area contributed by atoms with Crippen LogP contribution in [0.5, 0.6) is 0 Å². The molecule has 1 N–H and O–H groups in total. The van der Waals surface area contributed by atoms with E-state index in [0.717, 1.165) is 29.2 Å². The van der Waals surface area contributed by atoms with Crippen LogP contribution in [-0.4, -0.2) is 47.1 Å². The molecule has 9 heteroatoms. The summed E-state index contributed by atoms with van der Waals surface area (Å²) in [6.45, 7) is 5.83. The highest BCUT2D eigenvalue weighted by molar-refractivity contribution is 5.89. The number of piperazine rings is 1. The molecule has 0 radical (unpaired) electrons. The van der Waals surface area contributed by atoms with Gasteiger partial charge >= 0.3 is 12.2 Å². The largest absolute Gasteiger partial charge is 0.416 e. The number of amides is 2. The number of nitrogens with one attached hydrogen (secondary N) is 1. The van der Waals surface area contributed by atoms with Gasteiger partial charge in [-0.1, -0.05) is 36.4 Å². The van der Waals surface area contributed by atoms with Crippen molar-refractivity contribution < 1.29 is 18.0 Å². The van der Waals surface area contributed by atoms with Crippen molar-refractivity contribution in [1.82, 2.24) is 14.9 Å². The van der Waals surface area contributed by atoms with E-state index in [4.69, 9.17) is 4.98 Å². The standard InChI is InChI=1S/C25H26F3N5O/c1-17-22(15-19-7-4-3-5-8-19)23(30-18(2)29-17)32-11-13-33(14-12-32)24(34)31-21-10-6-9-20(16-21)25(26,27)28/h3-10,16H,11-15H2,1-2H3,(H,31,34). The summed E-state index contributed by atoms with van der Waals surface area (Å²) in [6.07, 6.45) is -3.75. The molecule has 2 heterocycles. The summed E-state index contributed by atoms with van der Waals surface area (Å²) in [7, 11) is 0. The van der Waals surface area contributed by atoms with E-state index in [-0.39, 0.29) is 5.69 Å². The predicted molar refractivity (Wildman–Crippen MR) is 125 cm³/mol. The van der Waals surface area contributed by atoms with Gasteiger partial charge in [-0.15, -0.1) is 0 Å². The number of hydrogen-bond acceptors (Lipinski definition) is 4. The third kappa shape index (κ3) is 5.47. The van der Waals surface area contributed by atoms with Gasteiger partial charge in [-0.25, -0.2) is 14.8 Å². The first-order valence-corrected chi connectivity index (χ1v) is 11.1. The van der Waals surface area contributed by atoms with Crippen molar-refractivity contribution in [2.75, 3.05) is 36.4 Å². The Hall–Kier alpha value is -3.62. The molecule has 4 rings (SSSR count). The molecule has 1 saturated heterocycles. The fourth-order valence-corrected chi connectivity index (χ4v) is 4.08. The quantitative estimate of drug-likeness (QED) is 0.581. The van der Waals surface area contributed by atoms with Gasteiger partial charge in [0.05, 0.1) is 5.56 Å². The molecule has 1 aromatic heterocycles. The van der Waals surface area contributed by atoms with Crippen LogP contribution in [0, 0.1) is 13.8 Å². The van der Waals surface area contributed by atoms with Crippen LogP contribution in [0.3, 0.4) is 0 Å². The van der Waals surface area contributed by atoms with Crippen molar-refractivity contribution >= 4 is 17.5 Å². The lowest BCUT2D eigenvalue weighted by Gasteiger charge is -2.36. The zero-order valence-electron chi connectivity index (χ0n) is 19.1. The van der Waals surface area contributed by atoms with Crippen LogP contribution in [0.4, 0.5) is 29.5 Å². The number of halogens is 3. The molecule has 2 amide bonds. The molecule has 6 nitrogen and oxygen atoms in total.